The van der Waals surface area contributed by atoms with Crippen molar-refractivity contribution in [2.24, 2.45) is 0 Å². The van der Waals surface area contributed by atoms with E-state index in [9.17, 15) is 37.1 Å². The largest absolute Gasteiger partial charge is 0.445 e. The maximum atomic E-state index is 14.3. The Morgan fingerprint density at radius 1 is 0.594 bits per heavy atom. The molecule has 358 valence electrons. The summed E-state index contributed by atoms with van der Waals surface area (Å²) in [5.41, 5.74) is -0.157. The van der Waals surface area contributed by atoms with Crippen LogP contribution in [0.25, 0.3) is 0 Å². The number of alkyl carbamates (subject to hydrolysis) is 1. The Hall–Kier alpha value is -5.46. The van der Waals surface area contributed by atoms with Crippen molar-refractivity contribution in [3.63, 3.8) is 0 Å². The zero-order valence-electron chi connectivity index (χ0n) is 38.9. The number of hydrogen-bond donors (Lipinski definition) is 2. The molecule has 0 spiro atoms. The molecule has 5 rings (SSSR count). The van der Waals surface area contributed by atoms with E-state index in [2.05, 4.69) is 10.6 Å². The fraction of sp³-hybridized carbons (Fsp3) is 0.622. The van der Waals surface area contributed by atoms with E-state index in [-0.39, 0.29) is 39.4 Å². The molecule has 3 fully saturated rings. The summed E-state index contributed by atoms with van der Waals surface area (Å²) in [6.45, 7) is 16.7. The number of carbonyl (C=O) groups is 5. The Balaban J connectivity index is 0.000000264. The van der Waals surface area contributed by atoms with Gasteiger partial charge in [0.1, 0.15) is 48.5 Å². The number of benzene rings is 2. The minimum absolute atomic E-state index is 0.0496. The summed E-state index contributed by atoms with van der Waals surface area (Å²) in [4.78, 5) is 64.6. The average Bonchev–Trinajstić information content (AvgIpc) is 3.92. The van der Waals surface area contributed by atoms with E-state index in [1.807, 2.05) is 60.7 Å². The highest BCUT2D eigenvalue weighted by Crippen LogP contribution is 2.22. The molecule has 5 amide bonds. The maximum absolute atomic E-state index is 14.3. The lowest BCUT2D eigenvalue weighted by Gasteiger charge is -2.29. The van der Waals surface area contributed by atoms with E-state index < -0.39 is 83.9 Å². The molecule has 0 aromatic heterocycles. The van der Waals surface area contributed by atoms with Gasteiger partial charge in [-0.2, -0.15) is 0 Å². The van der Waals surface area contributed by atoms with Crippen molar-refractivity contribution >= 4 is 30.5 Å². The Labute approximate surface area is 375 Å². The number of rotatable bonds is 7. The second-order valence-corrected chi connectivity index (χ2v) is 18.7. The van der Waals surface area contributed by atoms with Gasteiger partial charge in [0.2, 0.25) is 0 Å². The van der Waals surface area contributed by atoms with Gasteiger partial charge in [-0.05, 0) is 73.4 Å². The van der Waals surface area contributed by atoms with Gasteiger partial charge in [0.15, 0.2) is 0 Å². The predicted octanol–water partition coefficient (Wildman–Crippen LogP) is 7.25. The topological polar surface area (TPSA) is 169 Å². The summed E-state index contributed by atoms with van der Waals surface area (Å²) in [6, 6.07) is 16.5. The van der Waals surface area contributed by atoms with Gasteiger partial charge in [-0.3, -0.25) is 0 Å². The predicted molar refractivity (Wildman–Crippen MR) is 233 cm³/mol. The number of amides is 5. The minimum Gasteiger partial charge on any atom is -0.445 e. The third-order valence-corrected chi connectivity index (χ3v) is 9.57. The van der Waals surface area contributed by atoms with Crippen molar-refractivity contribution in [1.82, 2.24) is 30.2 Å². The highest BCUT2D eigenvalue weighted by molar-refractivity contribution is 5.71. The van der Waals surface area contributed by atoms with Gasteiger partial charge in [-0.25, -0.2) is 37.1 Å². The fourth-order valence-electron chi connectivity index (χ4n) is 6.34. The van der Waals surface area contributed by atoms with E-state index in [4.69, 9.17) is 23.7 Å². The lowest BCUT2D eigenvalue weighted by Crippen LogP contribution is -2.45. The first-order valence-corrected chi connectivity index (χ1v) is 21.2. The van der Waals surface area contributed by atoms with Crippen molar-refractivity contribution in [2.75, 3.05) is 53.4 Å². The summed E-state index contributed by atoms with van der Waals surface area (Å²) in [7, 11) is 3.04. The Kier molecular flexibility index (Phi) is 19.4. The highest BCUT2D eigenvalue weighted by Gasteiger charge is 2.42. The molecule has 3 aliphatic heterocycles. The lowest BCUT2D eigenvalue weighted by atomic mass is 10.2. The number of alkyl halides is 3. The number of nitrogens with one attached hydrogen (secondary N) is 2. The maximum Gasteiger partial charge on any atom is 0.410 e. The molecule has 2 N–H and O–H groups in total. The molecule has 0 bridgehead atoms. The van der Waals surface area contributed by atoms with E-state index in [1.165, 1.54) is 26.6 Å². The number of hydrogen-bond acceptors (Lipinski definition) is 11. The minimum atomic E-state index is -1.36. The first-order valence-electron chi connectivity index (χ1n) is 21.2. The molecule has 0 radical (unpaired) electrons. The van der Waals surface area contributed by atoms with Crippen molar-refractivity contribution in [3.05, 3.63) is 71.8 Å². The summed E-state index contributed by atoms with van der Waals surface area (Å²) >= 11 is 0. The fourth-order valence-corrected chi connectivity index (χ4v) is 6.34. The van der Waals surface area contributed by atoms with Crippen LogP contribution in [-0.2, 0) is 36.9 Å². The van der Waals surface area contributed by atoms with Gasteiger partial charge in [0.05, 0.1) is 31.2 Å². The van der Waals surface area contributed by atoms with Gasteiger partial charge in [-0.15, -0.1) is 0 Å². The molecule has 64 heavy (non-hydrogen) atoms. The number of likely N-dealkylation sites (N-methyl/N-ethyl adjacent to an activating group) is 2. The van der Waals surface area contributed by atoms with Crippen molar-refractivity contribution < 1.29 is 60.8 Å². The van der Waals surface area contributed by atoms with Gasteiger partial charge in [0, 0.05) is 40.3 Å². The van der Waals surface area contributed by atoms with Gasteiger partial charge in [-0.1, -0.05) is 60.7 Å². The lowest BCUT2D eigenvalue weighted by molar-refractivity contribution is 0.0171. The van der Waals surface area contributed by atoms with Gasteiger partial charge in [0.25, 0.3) is 0 Å². The van der Waals surface area contributed by atoms with E-state index in [0.29, 0.717) is 13.1 Å². The van der Waals surface area contributed by atoms with Crippen LogP contribution >= 0.6 is 0 Å². The third-order valence-electron chi connectivity index (χ3n) is 9.57. The van der Waals surface area contributed by atoms with Crippen LogP contribution in [0.1, 0.15) is 73.4 Å². The van der Waals surface area contributed by atoms with Crippen molar-refractivity contribution in [2.45, 2.75) is 129 Å². The second kappa shape index (κ2) is 23.5. The average molecular weight is 909 g/mol. The molecule has 3 aliphatic rings. The second-order valence-electron chi connectivity index (χ2n) is 18.7. The van der Waals surface area contributed by atoms with Crippen LogP contribution in [0, 0.1) is 0 Å². The third kappa shape index (κ3) is 18.3. The molecule has 16 nitrogen and oxygen atoms in total. The summed E-state index contributed by atoms with van der Waals surface area (Å²) in [6.07, 6.45) is -6.69. The Morgan fingerprint density at radius 2 is 1.02 bits per heavy atom. The van der Waals surface area contributed by atoms with Crippen LogP contribution in [0.15, 0.2) is 60.7 Å². The van der Waals surface area contributed by atoms with Crippen LogP contribution in [-0.4, -0.2) is 157 Å². The monoisotopic (exact) mass is 908 g/mol. The van der Waals surface area contributed by atoms with Crippen LogP contribution in [0.4, 0.5) is 37.1 Å². The molecule has 19 heteroatoms. The van der Waals surface area contributed by atoms with Gasteiger partial charge >= 0.3 is 30.5 Å². The van der Waals surface area contributed by atoms with Crippen molar-refractivity contribution in [3.8, 4) is 0 Å². The highest BCUT2D eigenvalue weighted by atomic mass is 19.1. The SMILES string of the molecule is CC(C)(C)OC(=O)NC1CN(C(=O)OCc2ccccc2)CC1F.CN(C(=O)OC(C)(C)C)C1CN(C(=O)OCc2ccccc2)CC1F.CN(C(=O)OC(C)(C)C)C1CNCC1F. The molecule has 0 saturated carbocycles. The number of ether oxygens (including phenoxy) is 5. The molecule has 6 unspecified atom stereocenters. The normalized spacial score (nSPS) is 21.8. The van der Waals surface area contributed by atoms with Crippen LogP contribution in [0.3, 0.4) is 0 Å². The number of nitrogens with zero attached hydrogens (tertiary/aromatic N) is 4. The molecule has 2 aromatic carbocycles. The quantitative estimate of drug-likeness (QED) is 0.269. The molecular weight excluding hydrogens is 842 g/mol. The Bertz CT molecular complexity index is 1810. The zero-order chi connectivity index (χ0) is 48.0. The van der Waals surface area contributed by atoms with Crippen LogP contribution < -0.4 is 10.6 Å². The number of likely N-dealkylation sites (tertiary alicyclic amines) is 2. The van der Waals surface area contributed by atoms with E-state index >= 15 is 0 Å². The van der Waals surface area contributed by atoms with Crippen LogP contribution in [0.5, 0.6) is 0 Å². The zero-order valence-corrected chi connectivity index (χ0v) is 38.9. The first kappa shape index (κ1) is 52.9. The summed E-state index contributed by atoms with van der Waals surface area (Å²) in [5, 5.41) is 5.35. The summed E-state index contributed by atoms with van der Waals surface area (Å²) < 4.78 is 67.5. The molecule has 2 aromatic rings. The van der Waals surface area contributed by atoms with Crippen molar-refractivity contribution in [1.29, 1.82) is 0 Å². The summed E-state index contributed by atoms with van der Waals surface area (Å²) in [5.74, 6) is 0. The van der Waals surface area contributed by atoms with Crippen LogP contribution in [0.2, 0.25) is 0 Å². The standard InChI is InChI=1S/C18H25FN2O4.C17H23FN2O4.C10H19FN2O2/c1-18(2,3)25-16(22)20(4)15-11-21(10-14(15)19)17(23)24-12-13-8-6-5-7-9-13;1-17(2,3)24-15(21)19-14-10-20(9-13(14)18)16(22)23-11-12-7-5-4-6-8-12;1-10(2,3)15-9(14)13(4)8-6-12-5-7(8)11/h5-9,14-15H,10-12H2,1-4H3;4-8,13-14H,9-11H2,1-3H3,(H,19,21);7-8,12H,5-6H2,1-4H3. The number of halogens is 3. The molecular formula is C45H67F3N6O10. The van der Waals surface area contributed by atoms with E-state index in [1.54, 1.807) is 69.4 Å². The van der Waals surface area contributed by atoms with Gasteiger partial charge < -0.3 is 53.9 Å². The molecule has 0 aliphatic carbocycles. The Morgan fingerprint density at radius 3 is 1.44 bits per heavy atom. The molecule has 6 atom stereocenters. The smallest absolute Gasteiger partial charge is 0.410 e. The number of carbonyl (C=O) groups excluding carboxylic acids is 5. The molecule has 3 heterocycles. The first-order chi connectivity index (χ1) is 29.7. The van der Waals surface area contributed by atoms with E-state index in [0.717, 1.165) is 11.1 Å². The molecule has 3 saturated heterocycles.